The Morgan fingerprint density at radius 2 is 2.11 bits per heavy atom. The summed E-state index contributed by atoms with van der Waals surface area (Å²) in [5.74, 6) is -0.297. The van der Waals surface area contributed by atoms with Gasteiger partial charge in [-0.3, -0.25) is 15.0 Å². The quantitative estimate of drug-likeness (QED) is 0.848. The van der Waals surface area contributed by atoms with Gasteiger partial charge in [0.25, 0.3) is 0 Å². The van der Waals surface area contributed by atoms with Gasteiger partial charge in [-0.15, -0.1) is 11.6 Å². The highest BCUT2D eigenvalue weighted by atomic mass is 35.5. The first-order chi connectivity index (χ1) is 8.60. The van der Waals surface area contributed by atoms with E-state index >= 15 is 0 Å². The van der Waals surface area contributed by atoms with Crippen LogP contribution in [0.2, 0.25) is 0 Å². The van der Waals surface area contributed by atoms with Crippen molar-refractivity contribution in [2.45, 2.75) is 6.42 Å². The SMILES string of the molecule is CN(C(=O)NC(=O)CCCl)c1ccccc1C#N. The molecule has 0 saturated heterocycles. The Labute approximate surface area is 110 Å². The highest BCUT2D eigenvalue weighted by Gasteiger charge is 2.16. The van der Waals surface area contributed by atoms with Crippen LogP contribution in [0.1, 0.15) is 12.0 Å². The molecule has 0 bridgehead atoms. The third-order valence-corrected chi connectivity index (χ3v) is 2.45. The van der Waals surface area contributed by atoms with Crippen molar-refractivity contribution in [3.63, 3.8) is 0 Å². The van der Waals surface area contributed by atoms with Crippen molar-refractivity contribution >= 4 is 29.2 Å². The lowest BCUT2D eigenvalue weighted by molar-refractivity contribution is -0.119. The Balaban J connectivity index is 2.81. The number of rotatable bonds is 3. The summed E-state index contributed by atoms with van der Waals surface area (Å²) in [5, 5.41) is 11.1. The van der Waals surface area contributed by atoms with Gasteiger partial charge in [0.2, 0.25) is 5.91 Å². The van der Waals surface area contributed by atoms with Crippen LogP contribution in [0.15, 0.2) is 24.3 Å². The number of imide groups is 1. The standard InChI is InChI=1S/C12H12ClN3O2/c1-16(12(18)15-11(17)6-7-13)10-5-3-2-4-9(10)8-14/h2-5H,6-7H2,1H3,(H,15,17,18). The summed E-state index contributed by atoms with van der Waals surface area (Å²) in [5.41, 5.74) is 0.802. The molecule has 0 radical (unpaired) electrons. The fraction of sp³-hybridized carbons (Fsp3) is 0.250. The van der Waals surface area contributed by atoms with Gasteiger partial charge in [0.05, 0.1) is 11.3 Å². The number of nitrogens with one attached hydrogen (secondary N) is 1. The molecule has 0 spiro atoms. The van der Waals surface area contributed by atoms with Crippen LogP contribution in [0, 0.1) is 11.3 Å². The number of para-hydroxylation sites is 1. The number of halogens is 1. The number of benzene rings is 1. The van der Waals surface area contributed by atoms with Gasteiger partial charge >= 0.3 is 6.03 Å². The zero-order valence-corrected chi connectivity index (χ0v) is 10.6. The third kappa shape index (κ3) is 3.47. The lowest BCUT2D eigenvalue weighted by Crippen LogP contribution is -2.41. The number of carbonyl (C=O) groups is 2. The molecule has 1 N–H and O–H groups in total. The molecule has 0 aliphatic carbocycles. The van der Waals surface area contributed by atoms with E-state index in [1.807, 2.05) is 6.07 Å². The molecule has 5 nitrogen and oxygen atoms in total. The minimum atomic E-state index is -0.590. The number of carbonyl (C=O) groups excluding carboxylic acids is 2. The molecule has 0 heterocycles. The van der Waals surface area contributed by atoms with Gasteiger partial charge in [0.15, 0.2) is 0 Å². The monoisotopic (exact) mass is 265 g/mol. The molecule has 1 aromatic rings. The molecule has 3 amide bonds. The highest BCUT2D eigenvalue weighted by molar-refractivity contribution is 6.19. The predicted molar refractivity (Wildman–Crippen MR) is 68.4 cm³/mol. The lowest BCUT2D eigenvalue weighted by atomic mass is 10.2. The van der Waals surface area contributed by atoms with E-state index in [4.69, 9.17) is 16.9 Å². The van der Waals surface area contributed by atoms with Crippen LogP contribution >= 0.6 is 11.6 Å². The minimum Gasteiger partial charge on any atom is -0.296 e. The van der Waals surface area contributed by atoms with Gasteiger partial charge in [-0.05, 0) is 12.1 Å². The molecular weight excluding hydrogens is 254 g/mol. The average Bonchev–Trinajstić information content (AvgIpc) is 2.38. The normalized spacial score (nSPS) is 9.39. The molecule has 0 aromatic heterocycles. The van der Waals surface area contributed by atoms with Gasteiger partial charge in [0.1, 0.15) is 6.07 Å². The number of hydrogen-bond acceptors (Lipinski definition) is 3. The Bertz CT molecular complexity index is 496. The van der Waals surface area contributed by atoms with Crippen molar-refractivity contribution in [1.82, 2.24) is 5.32 Å². The van der Waals surface area contributed by atoms with Gasteiger partial charge in [-0.1, -0.05) is 12.1 Å². The third-order valence-electron chi connectivity index (χ3n) is 2.26. The number of anilines is 1. The Kier molecular flexibility index (Phi) is 5.15. The number of hydrogen-bond donors (Lipinski definition) is 1. The van der Waals surface area contributed by atoms with E-state index in [0.29, 0.717) is 11.3 Å². The van der Waals surface area contributed by atoms with Crippen molar-refractivity contribution < 1.29 is 9.59 Å². The number of urea groups is 1. The van der Waals surface area contributed by atoms with E-state index in [0.717, 1.165) is 0 Å². The number of nitrogens with zero attached hydrogens (tertiary/aromatic N) is 2. The number of nitriles is 1. The smallest absolute Gasteiger partial charge is 0.296 e. The summed E-state index contributed by atoms with van der Waals surface area (Å²) in [4.78, 5) is 24.2. The number of amides is 3. The second-order valence-electron chi connectivity index (χ2n) is 3.48. The van der Waals surface area contributed by atoms with E-state index in [9.17, 15) is 9.59 Å². The first-order valence-corrected chi connectivity index (χ1v) is 5.76. The topological polar surface area (TPSA) is 73.2 Å². The van der Waals surface area contributed by atoms with Crippen molar-refractivity contribution in [3.05, 3.63) is 29.8 Å². The summed E-state index contributed by atoms with van der Waals surface area (Å²) in [6.07, 6.45) is 0.0705. The summed E-state index contributed by atoms with van der Waals surface area (Å²) >= 11 is 5.40. The molecule has 0 aliphatic rings. The number of alkyl halides is 1. The molecule has 0 saturated carbocycles. The van der Waals surface area contributed by atoms with Crippen LogP contribution in [0.5, 0.6) is 0 Å². The molecule has 1 rings (SSSR count). The van der Waals surface area contributed by atoms with Gasteiger partial charge in [-0.25, -0.2) is 4.79 Å². The Hall–Kier alpha value is -2.06. The minimum absolute atomic E-state index is 0.0705. The maximum absolute atomic E-state index is 11.7. The second kappa shape index (κ2) is 6.62. The summed E-state index contributed by atoms with van der Waals surface area (Å²) in [7, 11) is 1.49. The molecular formula is C12H12ClN3O2. The zero-order chi connectivity index (χ0) is 13.5. The Morgan fingerprint density at radius 3 is 2.72 bits per heavy atom. The van der Waals surface area contributed by atoms with E-state index in [2.05, 4.69) is 5.32 Å². The first kappa shape index (κ1) is 14.0. The summed E-state index contributed by atoms with van der Waals surface area (Å²) in [6, 6.07) is 8.03. The van der Waals surface area contributed by atoms with Gasteiger partial charge in [-0.2, -0.15) is 5.26 Å². The molecule has 18 heavy (non-hydrogen) atoms. The Morgan fingerprint density at radius 1 is 1.44 bits per heavy atom. The largest absolute Gasteiger partial charge is 0.328 e. The van der Waals surface area contributed by atoms with E-state index in [-0.39, 0.29) is 12.3 Å². The molecule has 0 atom stereocenters. The maximum Gasteiger partial charge on any atom is 0.328 e. The van der Waals surface area contributed by atoms with E-state index in [1.165, 1.54) is 11.9 Å². The molecule has 0 unspecified atom stereocenters. The van der Waals surface area contributed by atoms with Crippen molar-refractivity contribution in [3.8, 4) is 6.07 Å². The lowest BCUT2D eigenvalue weighted by Gasteiger charge is -2.18. The highest BCUT2D eigenvalue weighted by Crippen LogP contribution is 2.17. The van der Waals surface area contributed by atoms with Gasteiger partial charge in [0, 0.05) is 19.3 Å². The summed E-state index contributed by atoms with van der Waals surface area (Å²) < 4.78 is 0. The van der Waals surface area contributed by atoms with E-state index < -0.39 is 11.9 Å². The molecule has 1 aromatic carbocycles. The van der Waals surface area contributed by atoms with Crippen LogP contribution in [0.3, 0.4) is 0 Å². The molecule has 94 valence electrons. The van der Waals surface area contributed by atoms with Crippen LogP contribution in [-0.2, 0) is 4.79 Å². The van der Waals surface area contributed by atoms with E-state index in [1.54, 1.807) is 24.3 Å². The second-order valence-corrected chi connectivity index (χ2v) is 3.86. The zero-order valence-electron chi connectivity index (χ0n) is 9.81. The fourth-order valence-corrected chi connectivity index (χ4v) is 1.49. The summed E-state index contributed by atoms with van der Waals surface area (Å²) in [6.45, 7) is 0. The molecule has 0 aliphatic heterocycles. The van der Waals surface area contributed by atoms with Crippen LogP contribution < -0.4 is 10.2 Å². The molecule has 6 heteroatoms. The maximum atomic E-state index is 11.7. The average molecular weight is 266 g/mol. The van der Waals surface area contributed by atoms with Crippen molar-refractivity contribution in [2.75, 3.05) is 17.8 Å². The predicted octanol–water partition coefficient (Wildman–Crippen LogP) is 1.86. The molecule has 0 fully saturated rings. The van der Waals surface area contributed by atoms with Crippen LogP contribution in [0.4, 0.5) is 10.5 Å². The van der Waals surface area contributed by atoms with Crippen LogP contribution in [0.25, 0.3) is 0 Å². The van der Waals surface area contributed by atoms with Crippen LogP contribution in [-0.4, -0.2) is 24.9 Å². The van der Waals surface area contributed by atoms with Crippen molar-refractivity contribution in [2.24, 2.45) is 0 Å². The van der Waals surface area contributed by atoms with Crippen molar-refractivity contribution in [1.29, 1.82) is 5.26 Å². The van der Waals surface area contributed by atoms with Gasteiger partial charge < -0.3 is 0 Å². The first-order valence-electron chi connectivity index (χ1n) is 5.22. The fourth-order valence-electron chi connectivity index (χ4n) is 1.32.